The molecule has 0 saturated heterocycles. The standard InChI is InChI=1S/C16H21N3O4S/c1-19(2)24(22,23)14-9-5-8-13(11-14)16(21)18-17-15(20)10-12-6-3-4-7-12/h3,5-6,8-9,11-12H,4,7,10H2,1-2H3,(H,17,20)(H,18,21). The predicted molar refractivity (Wildman–Crippen MR) is 89.4 cm³/mol. The molecule has 2 amide bonds. The van der Waals surface area contributed by atoms with E-state index >= 15 is 0 Å². The lowest BCUT2D eigenvalue weighted by molar-refractivity contribution is -0.122. The molecular weight excluding hydrogens is 330 g/mol. The van der Waals surface area contributed by atoms with Crippen molar-refractivity contribution in [3.8, 4) is 0 Å². The van der Waals surface area contributed by atoms with Gasteiger partial charge in [0.25, 0.3) is 5.91 Å². The molecule has 8 heteroatoms. The lowest BCUT2D eigenvalue weighted by Gasteiger charge is -2.13. The molecular formula is C16H21N3O4S. The second-order valence-corrected chi connectivity index (χ2v) is 7.94. The number of carbonyl (C=O) groups is 2. The van der Waals surface area contributed by atoms with Crippen molar-refractivity contribution >= 4 is 21.8 Å². The van der Waals surface area contributed by atoms with Crippen molar-refractivity contribution < 1.29 is 18.0 Å². The lowest BCUT2D eigenvalue weighted by Crippen LogP contribution is -2.42. The zero-order valence-electron chi connectivity index (χ0n) is 13.7. The number of hydrogen-bond acceptors (Lipinski definition) is 4. The van der Waals surface area contributed by atoms with Gasteiger partial charge in [0, 0.05) is 26.1 Å². The number of amides is 2. The van der Waals surface area contributed by atoms with Crippen molar-refractivity contribution in [2.45, 2.75) is 24.2 Å². The highest BCUT2D eigenvalue weighted by atomic mass is 32.2. The Balaban J connectivity index is 1.97. The molecule has 7 nitrogen and oxygen atoms in total. The number of sulfonamides is 1. The maximum absolute atomic E-state index is 12.1. The number of hydrazine groups is 1. The Bertz CT molecular complexity index is 756. The molecule has 0 heterocycles. The molecule has 0 aromatic heterocycles. The Hall–Kier alpha value is -2.19. The first-order valence-electron chi connectivity index (χ1n) is 7.59. The summed E-state index contributed by atoms with van der Waals surface area (Å²) in [5.41, 5.74) is 4.82. The first-order valence-corrected chi connectivity index (χ1v) is 9.03. The third kappa shape index (κ3) is 4.42. The van der Waals surface area contributed by atoms with E-state index in [0.717, 1.165) is 17.1 Å². The van der Waals surface area contributed by atoms with Gasteiger partial charge < -0.3 is 0 Å². The number of nitrogens with zero attached hydrogens (tertiary/aromatic N) is 1. The topological polar surface area (TPSA) is 95.6 Å². The minimum atomic E-state index is -3.62. The van der Waals surface area contributed by atoms with Gasteiger partial charge in [-0.25, -0.2) is 12.7 Å². The number of nitrogens with one attached hydrogen (secondary N) is 2. The summed E-state index contributed by atoms with van der Waals surface area (Å²) in [5.74, 6) is -0.645. The second-order valence-electron chi connectivity index (χ2n) is 5.79. The molecule has 0 fully saturated rings. The molecule has 1 aromatic carbocycles. The van der Waals surface area contributed by atoms with Crippen LogP contribution in [-0.4, -0.2) is 38.6 Å². The van der Waals surface area contributed by atoms with E-state index in [0.29, 0.717) is 6.42 Å². The average Bonchev–Trinajstić information content (AvgIpc) is 3.05. The third-order valence-corrected chi connectivity index (χ3v) is 5.56. The normalized spacial score (nSPS) is 17.0. The fourth-order valence-corrected chi connectivity index (χ4v) is 3.31. The van der Waals surface area contributed by atoms with E-state index < -0.39 is 15.9 Å². The lowest BCUT2D eigenvalue weighted by atomic mass is 10.1. The van der Waals surface area contributed by atoms with Gasteiger partial charge in [0.2, 0.25) is 15.9 Å². The van der Waals surface area contributed by atoms with Gasteiger partial charge in [0.05, 0.1) is 4.90 Å². The molecule has 2 rings (SSSR count). The summed E-state index contributed by atoms with van der Waals surface area (Å²) >= 11 is 0. The van der Waals surface area contributed by atoms with Crippen LogP contribution in [0.25, 0.3) is 0 Å². The number of rotatable bonds is 5. The van der Waals surface area contributed by atoms with E-state index in [9.17, 15) is 18.0 Å². The minimum Gasteiger partial charge on any atom is -0.273 e. The minimum absolute atomic E-state index is 0.0163. The fourth-order valence-electron chi connectivity index (χ4n) is 2.36. The molecule has 1 aliphatic carbocycles. The number of benzene rings is 1. The molecule has 1 aliphatic rings. The van der Waals surface area contributed by atoms with Crippen LogP contribution in [0, 0.1) is 5.92 Å². The van der Waals surface area contributed by atoms with Gasteiger partial charge in [-0.3, -0.25) is 20.4 Å². The van der Waals surface area contributed by atoms with Gasteiger partial charge in [-0.05, 0) is 37.0 Å². The van der Waals surface area contributed by atoms with Gasteiger partial charge in [-0.15, -0.1) is 0 Å². The largest absolute Gasteiger partial charge is 0.273 e. The summed E-state index contributed by atoms with van der Waals surface area (Å²) in [6, 6.07) is 5.65. The van der Waals surface area contributed by atoms with E-state index in [4.69, 9.17) is 0 Å². The Kier molecular flexibility index (Phi) is 5.74. The summed E-state index contributed by atoms with van der Waals surface area (Å²) in [6.45, 7) is 0. The Labute approximate surface area is 141 Å². The van der Waals surface area contributed by atoms with Gasteiger partial charge in [0.15, 0.2) is 0 Å². The van der Waals surface area contributed by atoms with E-state index in [2.05, 4.69) is 10.9 Å². The Morgan fingerprint density at radius 2 is 2.00 bits per heavy atom. The highest BCUT2D eigenvalue weighted by Crippen LogP contribution is 2.19. The second kappa shape index (κ2) is 7.59. The summed E-state index contributed by atoms with van der Waals surface area (Å²) in [4.78, 5) is 23.9. The van der Waals surface area contributed by atoms with Crippen molar-refractivity contribution in [1.29, 1.82) is 0 Å². The van der Waals surface area contributed by atoms with E-state index in [-0.39, 0.29) is 22.3 Å². The SMILES string of the molecule is CN(C)S(=O)(=O)c1cccc(C(=O)NNC(=O)CC2C=CCC2)c1. The van der Waals surface area contributed by atoms with Crippen LogP contribution in [0.15, 0.2) is 41.3 Å². The monoisotopic (exact) mass is 351 g/mol. The van der Waals surface area contributed by atoms with Crippen LogP contribution in [0.4, 0.5) is 0 Å². The fraction of sp³-hybridized carbons (Fsp3) is 0.375. The first-order chi connectivity index (χ1) is 11.3. The zero-order chi connectivity index (χ0) is 17.7. The van der Waals surface area contributed by atoms with E-state index in [1.165, 1.54) is 38.4 Å². The van der Waals surface area contributed by atoms with Crippen LogP contribution >= 0.6 is 0 Å². The number of carbonyl (C=O) groups excluding carboxylic acids is 2. The van der Waals surface area contributed by atoms with Gasteiger partial charge in [-0.1, -0.05) is 18.2 Å². The molecule has 0 aliphatic heterocycles. The summed E-state index contributed by atoms with van der Waals surface area (Å²) in [6.07, 6.45) is 6.25. The predicted octanol–water partition coefficient (Wildman–Crippen LogP) is 1.05. The molecule has 1 unspecified atom stereocenters. The van der Waals surface area contributed by atoms with Crippen molar-refractivity contribution in [3.63, 3.8) is 0 Å². The Morgan fingerprint density at radius 3 is 2.62 bits per heavy atom. The van der Waals surface area contributed by atoms with Gasteiger partial charge in [-0.2, -0.15) is 0 Å². The molecule has 1 aromatic rings. The third-order valence-electron chi connectivity index (χ3n) is 3.75. The molecule has 0 saturated carbocycles. The maximum Gasteiger partial charge on any atom is 0.269 e. The van der Waals surface area contributed by atoms with Crippen LogP contribution in [0.3, 0.4) is 0 Å². The summed E-state index contributed by atoms with van der Waals surface area (Å²) < 4.78 is 25.2. The maximum atomic E-state index is 12.1. The highest BCUT2D eigenvalue weighted by Gasteiger charge is 2.19. The van der Waals surface area contributed by atoms with Crippen molar-refractivity contribution in [3.05, 3.63) is 42.0 Å². The first kappa shape index (κ1) is 18.2. The van der Waals surface area contributed by atoms with E-state index in [1.54, 1.807) is 0 Å². The molecule has 0 radical (unpaired) electrons. The van der Waals surface area contributed by atoms with Gasteiger partial charge in [0.1, 0.15) is 0 Å². The summed E-state index contributed by atoms with van der Waals surface area (Å²) in [7, 11) is -0.789. The molecule has 1 atom stereocenters. The van der Waals surface area contributed by atoms with Crippen LogP contribution in [0.5, 0.6) is 0 Å². The van der Waals surface area contributed by atoms with Crippen LogP contribution < -0.4 is 10.9 Å². The Morgan fingerprint density at radius 1 is 1.25 bits per heavy atom. The molecule has 2 N–H and O–H groups in total. The number of hydrogen-bond donors (Lipinski definition) is 2. The molecule has 130 valence electrons. The van der Waals surface area contributed by atoms with Crippen LogP contribution in [0.1, 0.15) is 29.6 Å². The average molecular weight is 351 g/mol. The molecule has 24 heavy (non-hydrogen) atoms. The zero-order valence-corrected chi connectivity index (χ0v) is 14.5. The van der Waals surface area contributed by atoms with Crippen LogP contribution in [-0.2, 0) is 14.8 Å². The highest BCUT2D eigenvalue weighted by molar-refractivity contribution is 7.89. The van der Waals surface area contributed by atoms with Crippen molar-refractivity contribution in [2.24, 2.45) is 5.92 Å². The quantitative estimate of drug-likeness (QED) is 0.612. The summed E-state index contributed by atoms with van der Waals surface area (Å²) in [5, 5.41) is 0. The van der Waals surface area contributed by atoms with Crippen molar-refractivity contribution in [1.82, 2.24) is 15.2 Å². The van der Waals surface area contributed by atoms with Crippen molar-refractivity contribution in [2.75, 3.05) is 14.1 Å². The van der Waals surface area contributed by atoms with Crippen LogP contribution in [0.2, 0.25) is 0 Å². The van der Waals surface area contributed by atoms with E-state index in [1.807, 2.05) is 12.2 Å². The number of allylic oxidation sites excluding steroid dienone is 2. The smallest absolute Gasteiger partial charge is 0.269 e. The van der Waals surface area contributed by atoms with Gasteiger partial charge >= 0.3 is 0 Å². The molecule has 0 bridgehead atoms. The molecule has 0 spiro atoms.